The van der Waals surface area contributed by atoms with Crippen molar-refractivity contribution in [1.82, 2.24) is 0 Å². The van der Waals surface area contributed by atoms with E-state index in [1.165, 1.54) is 0 Å². The van der Waals surface area contributed by atoms with Crippen LogP contribution in [0.15, 0.2) is 29.3 Å². The van der Waals surface area contributed by atoms with E-state index in [9.17, 15) is 22.9 Å². The van der Waals surface area contributed by atoms with Gasteiger partial charge in [-0.2, -0.15) is 0 Å². The standard InChI is InChI=1S/C13H10F3NO3/c14-7-4-5-11(10(15)6-7)17(16)12(18)8-2-1-3-9(8)13(19)20/h4-6H,1-3H2,(H,19,20). The van der Waals surface area contributed by atoms with Crippen molar-refractivity contribution in [3.8, 4) is 0 Å². The molecule has 0 heterocycles. The highest BCUT2D eigenvalue weighted by atomic mass is 19.2. The Balaban J connectivity index is 2.33. The summed E-state index contributed by atoms with van der Waals surface area (Å²) in [5.74, 6) is -4.67. The summed E-state index contributed by atoms with van der Waals surface area (Å²) in [4.78, 5) is 22.8. The van der Waals surface area contributed by atoms with Gasteiger partial charge in [0.25, 0.3) is 5.91 Å². The van der Waals surface area contributed by atoms with Crippen molar-refractivity contribution in [3.05, 3.63) is 41.0 Å². The number of rotatable bonds is 3. The fourth-order valence-electron chi connectivity index (χ4n) is 2.08. The molecule has 0 saturated heterocycles. The van der Waals surface area contributed by atoms with Crippen LogP contribution in [0.5, 0.6) is 0 Å². The van der Waals surface area contributed by atoms with Gasteiger partial charge in [-0.05, 0) is 31.4 Å². The van der Waals surface area contributed by atoms with E-state index >= 15 is 0 Å². The van der Waals surface area contributed by atoms with Gasteiger partial charge < -0.3 is 5.11 Å². The predicted molar refractivity (Wildman–Crippen MR) is 63.5 cm³/mol. The molecule has 1 amide bonds. The first kappa shape index (κ1) is 14.1. The number of nitrogens with zero attached hydrogens (tertiary/aromatic N) is 1. The van der Waals surface area contributed by atoms with Crippen LogP contribution < -0.4 is 5.12 Å². The third-order valence-corrected chi connectivity index (χ3v) is 3.03. The summed E-state index contributed by atoms with van der Waals surface area (Å²) in [5.41, 5.74) is -1.11. The largest absolute Gasteiger partial charge is 0.478 e. The monoisotopic (exact) mass is 285 g/mol. The Morgan fingerprint density at radius 3 is 2.40 bits per heavy atom. The molecule has 0 atom stereocenters. The molecule has 1 N–H and O–H groups in total. The van der Waals surface area contributed by atoms with E-state index in [2.05, 4.69) is 0 Å². The van der Waals surface area contributed by atoms with Crippen LogP contribution in [0.2, 0.25) is 0 Å². The van der Waals surface area contributed by atoms with Crippen molar-refractivity contribution in [2.45, 2.75) is 19.3 Å². The molecule has 4 nitrogen and oxygen atoms in total. The summed E-state index contributed by atoms with van der Waals surface area (Å²) in [5, 5.41) is 8.41. The number of aliphatic carboxylic acids is 1. The van der Waals surface area contributed by atoms with Gasteiger partial charge in [0, 0.05) is 17.2 Å². The van der Waals surface area contributed by atoms with Crippen molar-refractivity contribution in [3.63, 3.8) is 0 Å². The zero-order chi connectivity index (χ0) is 14.9. The van der Waals surface area contributed by atoms with Gasteiger partial charge in [0.05, 0.1) is 0 Å². The second-order valence-electron chi connectivity index (χ2n) is 4.30. The van der Waals surface area contributed by atoms with Crippen LogP contribution in [0, 0.1) is 11.6 Å². The molecule has 1 aromatic carbocycles. The smallest absolute Gasteiger partial charge is 0.332 e. The molecule has 0 unspecified atom stereocenters. The summed E-state index contributed by atoms with van der Waals surface area (Å²) in [6.07, 6.45) is 0.697. The van der Waals surface area contributed by atoms with Gasteiger partial charge in [-0.15, -0.1) is 5.12 Å². The maximum atomic E-state index is 13.9. The molecule has 0 bridgehead atoms. The number of carbonyl (C=O) groups excluding carboxylic acids is 1. The number of carbonyl (C=O) groups is 2. The summed E-state index contributed by atoms with van der Waals surface area (Å²) < 4.78 is 40.0. The van der Waals surface area contributed by atoms with E-state index in [1.807, 2.05) is 0 Å². The number of carboxylic acid groups (broad SMARTS) is 1. The molecule has 2 rings (SSSR count). The molecule has 0 radical (unpaired) electrons. The quantitative estimate of drug-likeness (QED) is 0.869. The van der Waals surface area contributed by atoms with E-state index in [0.717, 1.165) is 12.1 Å². The van der Waals surface area contributed by atoms with Crippen molar-refractivity contribution in [2.75, 3.05) is 5.12 Å². The molecule has 1 aliphatic carbocycles. The lowest BCUT2D eigenvalue weighted by Gasteiger charge is -2.14. The van der Waals surface area contributed by atoms with Crippen LogP contribution in [-0.4, -0.2) is 17.0 Å². The highest BCUT2D eigenvalue weighted by Crippen LogP contribution is 2.30. The Bertz CT molecular complexity index is 613. The van der Waals surface area contributed by atoms with Crippen molar-refractivity contribution < 1.29 is 28.0 Å². The second kappa shape index (κ2) is 5.36. The fourth-order valence-corrected chi connectivity index (χ4v) is 2.08. The minimum absolute atomic E-state index is 0.115. The summed E-state index contributed by atoms with van der Waals surface area (Å²) in [6, 6.07) is 2.02. The first-order chi connectivity index (χ1) is 9.41. The number of carboxylic acids is 1. The van der Waals surface area contributed by atoms with Crippen LogP contribution in [0.1, 0.15) is 19.3 Å². The third kappa shape index (κ3) is 2.52. The highest BCUT2D eigenvalue weighted by Gasteiger charge is 2.30. The average molecular weight is 285 g/mol. The third-order valence-electron chi connectivity index (χ3n) is 3.03. The first-order valence-corrected chi connectivity index (χ1v) is 5.82. The molecule has 0 aromatic heterocycles. The van der Waals surface area contributed by atoms with Crippen LogP contribution >= 0.6 is 0 Å². The van der Waals surface area contributed by atoms with E-state index in [-0.39, 0.29) is 24.0 Å². The Labute approximate surface area is 112 Å². The van der Waals surface area contributed by atoms with Crippen LogP contribution in [0.4, 0.5) is 18.9 Å². The number of hydrogen-bond donors (Lipinski definition) is 1. The lowest BCUT2D eigenvalue weighted by Crippen LogP contribution is -2.25. The van der Waals surface area contributed by atoms with E-state index in [4.69, 9.17) is 5.11 Å². The van der Waals surface area contributed by atoms with Crippen LogP contribution in [0.25, 0.3) is 0 Å². The lowest BCUT2D eigenvalue weighted by atomic mass is 10.1. The van der Waals surface area contributed by atoms with Gasteiger partial charge in [0.2, 0.25) is 0 Å². The van der Waals surface area contributed by atoms with Crippen LogP contribution in [-0.2, 0) is 9.59 Å². The van der Waals surface area contributed by atoms with Crippen molar-refractivity contribution in [2.24, 2.45) is 0 Å². The Morgan fingerprint density at radius 1 is 1.15 bits per heavy atom. The Hall–Kier alpha value is -2.31. The Morgan fingerprint density at radius 2 is 1.80 bits per heavy atom. The SMILES string of the molecule is O=C(O)C1=C(C(=O)N(F)c2ccc(F)cc2F)CCC1. The van der Waals surface area contributed by atoms with Gasteiger partial charge in [-0.3, -0.25) is 4.79 Å². The van der Waals surface area contributed by atoms with Gasteiger partial charge in [-0.25, -0.2) is 13.6 Å². The Kier molecular flexibility index (Phi) is 3.78. The number of benzene rings is 1. The molecular weight excluding hydrogens is 275 g/mol. The molecule has 0 aliphatic heterocycles. The second-order valence-corrected chi connectivity index (χ2v) is 4.30. The zero-order valence-electron chi connectivity index (χ0n) is 10.2. The molecule has 1 aliphatic rings. The minimum Gasteiger partial charge on any atom is -0.478 e. The van der Waals surface area contributed by atoms with Crippen molar-refractivity contribution >= 4 is 17.6 Å². The molecule has 106 valence electrons. The van der Waals surface area contributed by atoms with E-state index in [0.29, 0.717) is 12.5 Å². The highest BCUT2D eigenvalue weighted by molar-refractivity contribution is 6.09. The summed E-state index contributed by atoms with van der Waals surface area (Å²) in [6.45, 7) is 0. The molecule has 7 heteroatoms. The van der Waals surface area contributed by atoms with E-state index in [1.54, 1.807) is 0 Å². The zero-order valence-corrected chi connectivity index (χ0v) is 10.2. The maximum Gasteiger partial charge on any atom is 0.332 e. The lowest BCUT2D eigenvalue weighted by molar-refractivity contribution is -0.133. The van der Waals surface area contributed by atoms with E-state index < -0.39 is 34.3 Å². The molecule has 1 aromatic rings. The summed E-state index contributed by atoms with van der Waals surface area (Å²) in [7, 11) is 0. The van der Waals surface area contributed by atoms with Crippen molar-refractivity contribution in [1.29, 1.82) is 0 Å². The van der Waals surface area contributed by atoms with Crippen LogP contribution in [0.3, 0.4) is 0 Å². The maximum absolute atomic E-state index is 13.9. The van der Waals surface area contributed by atoms with Gasteiger partial charge >= 0.3 is 5.97 Å². The predicted octanol–water partition coefficient (Wildman–Crippen LogP) is 2.75. The number of anilines is 1. The van der Waals surface area contributed by atoms with Gasteiger partial charge in [-0.1, -0.05) is 4.48 Å². The molecule has 0 fully saturated rings. The van der Waals surface area contributed by atoms with Gasteiger partial charge in [0.15, 0.2) is 5.82 Å². The molecule has 0 spiro atoms. The first-order valence-electron chi connectivity index (χ1n) is 5.82. The molecule has 20 heavy (non-hydrogen) atoms. The average Bonchev–Trinajstić information content (AvgIpc) is 2.86. The van der Waals surface area contributed by atoms with Gasteiger partial charge in [0.1, 0.15) is 11.5 Å². The molecular formula is C13H10F3NO3. The fraction of sp³-hybridized carbons (Fsp3) is 0.231. The number of amides is 1. The normalized spacial score (nSPS) is 14.6. The topological polar surface area (TPSA) is 57.6 Å². The summed E-state index contributed by atoms with van der Waals surface area (Å²) >= 11 is 0. The number of hydrogen-bond acceptors (Lipinski definition) is 2. The minimum atomic E-state index is -1.29. The molecule has 0 saturated carbocycles. The number of halogens is 3.